The molecule has 0 unspecified atom stereocenters. The van der Waals surface area contributed by atoms with Gasteiger partial charge in [0, 0.05) is 12.6 Å². The van der Waals surface area contributed by atoms with E-state index in [0.29, 0.717) is 42.4 Å². The van der Waals surface area contributed by atoms with E-state index < -0.39 is 22.1 Å². The van der Waals surface area contributed by atoms with Crippen LogP contribution >= 0.6 is 0 Å². The topological polar surface area (TPSA) is 132 Å². The van der Waals surface area contributed by atoms with Crippen LogP contribution in [0.4, 0.5) is 5.69 Å². The highest BCUT2D eigenvalue weighted by atomic mass is 32.2. The molecule has 11 heteroatoms. The van der Waals surface area contributed by atoms with E-state index in [1.807, 2.05) is 82.3 Å². The van der Waals surface area contributed by atoms with E-state index in [2.05, 4.69) is 10.0 Å². The predicted octanol–water partition coefficient (Wildman–Crippen LogP) is 6.20. The lowest BCUT2D eigenvalue weighted by molar-refractivity contribution is 0.0596. The van der Waals surface area contributed by atoms with Crippen molar-refractivity contribution in [1.29, 1.82) is 0 Å². The fourth-order valence-corrected chi connectivity index (χ4v) is 5.87. The number of hydrogen-bond acceptors (Lipinski definition) is 9. The van der Waals surface area contributed by atoms with Crippen LogP contribution in [0.1, 0.15) is 52.6 Å². The van der Waals surface area contributed by atoms with Gasteiger partial charge < -0.3 is 29.4 Å². The van der Waals surface area contributed by atoms with Gasteiger partial charge in [0.05, 0.1) is 31.8 Å². The number of carbonyl (C=O) groups is 1. The lowest BCUT2D eigenvalue weighted by Gasteiger charge is -2.23. The SMILES string of the molecule is CCOc1cc(-c2cc(C)c(OCCN[C@@H](C)[C@H](O)c3ccc(OCc4ccccc4)c(NS(C)(=O)=O)c3)c(C)c2)ccc1C(=O)OC. The minimum Gasteiger partial charge on any atom is -0.493 e. The number of rotatable bonds is 16. The minimum atomic E-state index is -3.59. The van der Waals surface area contributed by atoms with Crippen molar-refractivity contribution in [2.24, 2.45) is 0 Å². The minimum absolute atomic E-state index is 0.253. The summed E-state index contributed by atoms with van der Waals surface area (Å²) in [7, 11) is -2.25. The largest absolute Gasteiger partial charge is 0.493 e. The lowest BCUT2D eigenvalue weighted by Crippen LogP contribution is -2.35. The number of ether oxygens (including phenoxy) is 4. The molecule has 4 aromatic carbocycles. The van der Waals surface area contributed by atoms with Gasteiger partial charge in [-0.15, -0.1) is 0 Å². The average Bonchev–Trinajstić information content (AvgIpc) is 3.06. The van der Waals surface area contributed by atoms with Gasteiger partial charge in [-0.1, -0.05) is 42.5 Å². The number of aliphatic hydroxyl groups excluding tert-OH is 1. The fraction of sp³-hybridized carbons (Fsp3) is 0.324. The summed E-state index contributed by atoms with van der Waals surface area (Å²) in [5.74, 6) is 1.15. The number of benzene rings is 4. The Bertz CT molecular complexity index is 1790. The second-order valence-corrected chi connectivity index (χ2v) is 13.3. The zero-order valence-corrected chi connectivity index (χ0v) is 29.0. The first-order chi connectivity index (χ1) is 22.9. The van der Waals surface area contributed by atoms with Crippen molar-refractivity contribution >= 4 is 21.7 Å². The van der Waals surface area contributed by atoms with Gasteiger partial charge in [0.15, 0.2) is 0 Å². The third-order valence-electron chi connectivity index (χ3n) is 7.65. The number of aliphatic hydroxyl groups is 1. The van der Waals surface area contributed by atoms with Crippen LogP contribution in [0.15, 0.2) is 78.9 Å². The van der Waals surface area contributed by atoms with Crippen molar-refractivity contribution in [2.75, 3.05) is 37.8 Å². The van der Waals surface area contributed by atoms with Crippen LogP contribution in [0.2, 0.25) is 0 Å². The van der Waals surface area contributed by atoms with E-state index in [4.69, 9.17) is 18.9 Å². The molecule has 256 valence electrons. The zero-order valence-electron chi connectivity index (χ0n) is 28.2. The van der Waals surface area contributed by atoms with Crippen molar-refractivity contribution in [3.05, 3.63) is 107 Å². The number of methoxy groups -OCH3 is 1. The summed E-state index contributed by atoms with van der Waals surface area (Å²) in [6.45, 7) is 9.16. The van der Waals surface area contributed by atoms with E-state index in [-0.39, 0.29) is 18.3 Å². The molecule has 0 radical (unpaired) electrons. The summed E-state index contributed by atoms with van der Waals surface area (Å²) in [6, 6.07) is 23.6. The van der Waals surface area contributed by atoms with Gasteiger partial charge in [-0.25, -0.2) is 13.2 Å². The average molecular weight is 677 g/mol. The molecular weight excluding hydrogens is 632 g/mol. The van der Waals surface area contributed by atoms with Gasteiger partial charge in [-0.3, -0.25) is 4.72 Å². The summed E-state index contributed by atoms with van der Waals surface area (Å²) in [6.07, 6.45) is 0.142. The molecule has 0 heterocycles. The maximum Gasteiger partial charge on any atom is 0.341 e. The molecule has 4 aromatic rings. The van der Waals surface area contributed by atoms with Crippen LogP contribution in [0, 0.1) is 13.8 Å². The molecule has 0 spiro atoms. The van der Waals surface area contributed by atoms with Gasteiger partial charge in [-0.2, -0.15) is 0 Å². The number of hydrogen-bond donors (Lipinski definition) is 3. The molecule has 3 N–H and O–H groups in total. The number of anilines is 1. The first kappa shape index (κ1) is 36.3. The Labute approximate surface area is 283 Å². The highest BCUT2D eigenvalue weighted by Crippen LogP contribution is 2.34. The third kappa shape index (κ3) is 9.72. The van der Waals surface area contributed by atoms with Crippen LogP contribution in [0.5, 0.6) is 17.2 Å². The predicted molar refractivity (Wildman–Crippen MR) is 187 cm³/mol. The van der Waals surface area contributed by atoms with Gasteiger partial charge >= 0.3 is 5.97 Å². The van der Waals surface area contributed by atoms with E-state index in [1.165, 1.54) is 7.11 Å². The molecule has 0 aromatic heterocycles. The van der Waals surface area contributed by atoms with E-state index in [9.17, 15) is 18.3 Å². The Morgan fingerprint density at radius 3 is 2.23 bits per heavy atom. The van der Waals surface area contributed by atoms with Gasteiger partial charge in [0.2, 0.25) is 10.0 Å². The normalized spacial score (nSPS) is 12.6. The molecule has 0 aliphatic rings. The Kier molecular flexibility index (Phi) is 12.5. The zero-order chi connectivity index (χ0) is 34.8. The molecular formula is C37H44N2O8S. The molecule has 0 saturated carbocycles. The first-order valence-electron chi connectivity index (χ1n) is 15.7. The number of nitrogens with one attached hydrogen (secondary N) is 2. The monoisotopic (exact) mass is 676 g/mol. The maximum atomic E-state index is 12.2. The molecule has 0 saturated heterocycles. The summed E-state index contributed by atoms with van der Waals surface area (Å²) >= 11 is 0. The first-order valence-corrected chi connectivity index (χ1v) is 17.6. The van der Waals surface area contributed by atoms with E-state index in [0.717, 1.165) is 39.8 Å². The van der Waals surface area contributed by atoms with Crippen molar-refractivity contribution in [1.82, 2.24) is 5.32 Å². The van der Waals surface area contributed by atoms with Crippen LogP contribution in [0.3, 0.4) is 0 Å². The molecule has 0 aliphatic carbocycles. The molecule has 0 fully saturated rings. The van der Waals surface area contributed by atoms with Crippen molar-refractivity contribution in [2.45, 2.75) is 46.4 Å². The molecule has 2 atom stereocenters. The summed E-state index contributed by atoms with van der Waals surface area (Å²) in [5, 5.41) is 14.4. The Hall–Kier alpha value is -4.58. The highest BCUT2D eigenvalue weighted by molar-refractivity contribution is 7.92. The second kappa shape index (κ2) is 16.5. The number of esters is 1. The smallest absolute Gasteiger partial charge is 0.341 e. The van der Waals surface area contributed by atoms with E-state index >= 15 is 0 Å². The summed E-state index contributed by atoms with van der Waals surface area (Å²) in [4.78, 5) is 12.2. The van der Waals surface area contributed by atoms with Gasteiger partial charge in [-0.05, 0) is 97.5 Å². The highest BCUT2D eigenvalue weighted by Gasteiger charge is 2.20. The number of sulfonamides is 1. The quantitative estimate of drug-likeness (QED) is 0.0938. The molecule has 0 amide bonds. The number of aryl methyl sites for hydroxylation is 2. The standard InChI is InChI=1S/C37H44N2O8S/c1-7-45-34-22-28(13-15-31(34)37(41)44-5)30-19-24(2)36(25(3)20-30)46-18-17-38-26(4)35(40)29-14-16-33(32(21-29)39-48(6,42)43)47-23-27-11-9-8-10-12-27/h8-16,19-22,26,35,38-40H,7,17-18,23H2,1-6H3/t26-,35-/m0/s1. The number of carbonyl (C=O) groups excluding carboxylic acids is 1. The fourth-order valence-electron chi connectivity index (χ4n) is 5.31. The molecule has 4 rings (SSSR count). The summed E-state index contributed by atoms with van der Waals surface area (Å²) in [5.41, 5.74) is 5.87. The Morgan fingerprint density at radius 2 is 1.58 bits per heavy atom. The lowest BCUT2D eigenvalue weighted by atomic mass is 9.98. The van der Waals surface area contributed by atoms with Crippen LogP contribution < -0.4 is 24.2 Å². The third-order valence-corrected chi connectivity index (χ3v) is 8.24. The van der Waals surface area contributed by atoms with E-state index in [1.54, 1.807) is 24.3 Å². The van der Waals surface area contributed by atoms with Crippen LogP contribution in [-0.2, 0) is 21.4 Å². The Balaban J connectivity index is 1.38. The Morgan fingerprint density at radius 1 is 0.875 bits per heavy atom. The molecule has 48 heavy (non-hydrogen) atoms. The van der Waals surface area contributed by atoms with Gasteiger partial charge in [0.25, 0.3) is 0 Å². The van der Waals surface area contributed by atoms with Crippen LogP contribution in [0.25, 0.3) is 11.1 Å². The van der Waals surface area contributed by atoms with Crippen molar-refractivity contribution in [3.63, 3.8) is 0 Å². The van der Waals surface area contributed by atoms with Crippen LogP contribution in [-0.4, -0.2) is 58.7 Å². The molecule has 0 bridgehead atoms. The molecule has 0 aliphatic heterocycles. The van der Waals surface area contributed by atoms with Gasteiger partial charge in [0.1, 0.15) is 36.0 Å². The maximum absolute atomic E-state index is 12.2. The summed E-state index contributed by atoms with van der Waals surface area (Å²) < 4.78 is 49.3. The van der Waals surface area contributed by atoms with Crippen molar-refractivity contribution < 1.29 is 37.3 Å². The van der Waals surface area contributed by atoms with Crippen molar-refractivity contribution in [3.8, 4) is 28.4 Å². The molecule has 10 nitrogen and oxygen atoms in total. The second-order valence-electron chi connectivity index (χ2n) is 11.5.